The second-order valence-corrected chi connectivity index (χ2v) is 8.03. The fourth-order valence-electron chi connectivity index (χ4n) is 3.21. The summed E-state index contributed by atoms with van der Waals surface area (Å²) >= 11 is 1.49. The van der Waals surface area contributed by atoms with Crippen LogP contribution in [0.5, 0.6) is 0 Å². The Morgan fingerprint density at radius 3 is 2.96 bits per heavy atom. The van der Waals surface area contributed by atoms with Gasteiger partial charge in [-0.2, -0.15) is 0 Å². The number of carbonyl (C=O) groups excluding carboxylic acids is 1. The molecule has 23 heavy (non-hydrogen) atoms. The van der Waals surface area contributed by atoms with Gasteiger partial charge < -0.3 is 10.3 Å². The lowest BCUT2D eigenvalue weighted by atomic mass is 9.86. The SMILES string of the molecule is Cc1ccc2nc(S[C@H](C)C(=O)N[C@H]3CCCC[C@@H]3C)[nH]c2c1. The lowest BCUT2D eigenvalue weighted by Crippen LogP contribution is -2.44. The highest BCUT2D eigenvalue weighted by molar-refractivity contribution is 8.00. The molecule has 1 aliphatic rings. The van der Waals surface area contributed by atoms with Gasteiger partial charge >= 0.3 is 0 Å². The fraction of sp³-hybridized carbons (Fsp3) is 0.556. The molecular weight excluding hydrogens is 306 g/mol. The van der Waals surface area contributed by atoms with Gasteiger partial charge in [0.2, 0.25) is 5.91 Å². The van der Waals surface area contributed by atoms with E-state index in [0.29, 0.717) is 12.0 Å². The lowest BCUT2D eigenvalue weighted by Gasteiger charge is -2.30. The van der Waals surface area contributed by atoms with Crippen LogP contribution in [0.15, 0.2) is 23.4 Å². The van der Waals surface area contributed by atoms with Gasteiger partial charge in [-0.15, -0.1) is 0 Å². The van der Waals surface area contributed by atoms with E-state index in [0.717, 1.165) is 22.6 Å². The minimum Gasteiger partial charge on any atom is -0.352 e. The first-order chi connectivity index (χ1) is 11.0. The minimum absolute atomic E-state index is 0.116. The van der Waals surface area contributed by atoms with E-state index >= 15 is 0 Å². The molecule has 5 heteroatoms. The van der Waals surface area contributed by atoms with Gasteiger partial charge in [0.1, 0.15) is 0 Å². The van der Waals surface area contributed by atoms with Crippen LogP contribution in [-0.2, 0) is 4.79 Å². The summed E-state index contributed by atoms with van der Waals surface area (Å²) in [5.41, 5.74) is 3.18. The topological polar surface area (TPSA) is 57.8 Å². The zero-order valence-corrected chi connectivity index (χ0v) is 14.9. The van der Waals surface area contributed by atoms with Crippen molar-refractivity contribution >= 4 is 28.7 Å². The van der Waals surface area contributed by atoms with Gasteiger partial charge in [-0.3, -0.25) is 4.79 Å². The van der Waals surface area contributed by atoms with Crippen molar-refractivity contribution < 1.29 is 4.79 Å². The Hall–Kier alpha value is -1.49. The molecule has 1 fully saturated rings. The smallest absolute Gasteiger partial charge is 0.233 e. The number of hydrogen-bond acceptors (Lipinski definition) is 3. The summed E-state index contributed by atoms with van der Waals surface area (Å²) < 4.78 is 0. The zero-order chi connectivity index (χ0) is 16.4. The number of aromatic amines is 1. The number of thioether (sulfide) groups is 1. The van der Waals surface area contributed by atoms with E-state index in [1.54, 1.807) is 0 Å². The third-order valence-electron chi connectivity index (χ3n) is 4.71. The first-order valence-corrected chi connectivity index (χ1v) is 9.34. The van der Waals surface area contributed by atoms with Gasteiger partial charge in [0.05, 0.1) is 16.3 Å². The van der Waals surface area contributed by atoms with Crippen LogP contribution in [0, 0.1) is 12.8 Å². The van der Waals surface area contributed by atoms with Crippen LogP contribution in [-0.4, -0.2) is 27.2 Å². The Labute approximate surface area is 141 Å². The van der Waals surface area contributed by atoms with E-state index in [2.05, 4.69) is 41.3 Å². The molecule has 0 saturated heterocycles. The molecule has 1 aliphatic carbocycles. The molecule has 0 aliphatic heterocycles. The van der Waals surface area contributed by atoms with E-state index in [1.807, 2.05) is 13.0 Å². The van der Waals surface area contributed by atoms with E-state index in [-0.39, 0.29) is 11.2 Å². The lowest BCUT2D eigenvalue weighted by molar-refractivity contribution is -0.121. The third-order valence-corrected chi connectivity index (χ3v) is 5.70. The highest BCUT2D eigenvalue weighted by Gasteiger charge is 2.25. The second kappa shape index (κ2) is 6.95. The monoisotopic (exact) mass is 331 g/mol. The average Bonchev–Trinajstić information content (AvgIpc) is 2.90. The number of amides is 1. The molecule has 1 aromatic heterocycles. The molecule has 0 radical (unpaired) electrons. The van der Waals surface area contributed by atoms with E-state index in [1.165, 1.54) is 36.6 Å². The van der Waals surface area contributed by atoms with Crippen LogP contribution in [0.2, 0.25) is 0 Å². The van der Waals surface area contributed by atoms with Crippen LogP contribution < -0.4 is 5.32 Å². The number of nitrogens with one attached hydrogen (secondary N) is 2. The molecule has 3 rings (SSSR count). The molecule has 124 valence electrons. The Kier molecular flexibility index (Phi) is 4.95. The van der Waals surface area contributed by atoms with Crippen molar-refractivity contribution in [3.05, 3.63) is 23.8 Å². The Balaban J connectivity index is 1.62. The molecule has 0 bridgehead atoms. The minimum atomic E-state index is -0.147. The number of aromatic nitrogens is 2. The first kappa shape index (κ1) is 16.4. The number of imidazole rings is 1. The molecule has 4 nitrogen and oxygen atoms in total. The van der Waals surface area contributed by atoms with Crippen molar-refractivity contribution in [3.63, 3.8) is 0 Å². The molecule has 0 spiro atoms. The van der Waals surface area contributed by atoms with Crippen LogP contribution in [0.1, 0.15) is 45.1 Å². The summed E-state index contributed by atoms with van der Waals surface area (Å²) in [6, 6.07) is 6.48. The normalized spacial score (nSPS) is 22.9. The van der Waals surface area contributed by atoms with Crippen molar-refractivity contribution in [3.8, 4) is 0 Å². The highest BCUT2D eigenvalue weighted by Crippen LogP contribution is 2.26. The zero-order valence-electron chi connectivity index (χ0n) is 14.1. The number of fused-ring (bicyclic) bond motifs is 1. The third kappa shape index (κ3) is 3.89. The van der Waals surface area contributed by atoms with E-state index < -0.39 is 0 Å². The molecule has 1 aromatic carbocycles. The van der Waals surface area contributed by atoms with E-state index in [4.69, 9.17) is 0 Å². The summed E-state index contributed by atoms with van der Waals surface area (Å²) in [7, 11) is 0. The van der Waals surface area contributed by atoms with Crippen LogP contribution in [0.3, 0.4) is 0 Å². The van der Waals surface area contributed by atoms with Crippen molar-refractivity contribution in [2.24, 2.45) is 5.92 Å². The van der Waals surface area contributed by atoms with Gasteiger partial charge in [0, 0.05) is 6.04 Å². The average molecular weight is 331 g/mol. The number of benzene rings is 1. The maximum absolute atomic E-state index is 12.5. The number of rotatable bonds is 4. The fourth-order valence-corrected chi connectivity index (χ4v) is 4.04. The first-order valence-electron chi connectivity index (χ1n) is 8.46. The van der Waals surface area contributed by atoms with Gasteiger partial charge in [0.25, 0.3) is 0 Å². The summed E-state index contributed by atoms with van der Waals surface area (Å²) in [6.07, 6.45) is 4.83. The Morgan fingerprint density at radius 2 is 2.17 bits per heavy atom. The molecule has 0 unspecified atom stereocenters. The van der Waals surface area contributed by atoms with Crippen LogP contribution >= 0.6 is 11.8 Å². The Bertz CT molecular complexity index is 697. The molecule has 1 saturated carbocycles. The van der Waals surface area contributed by atoms with Gasteiger partial charge in [-0.25, -0.2) is 4.98 Å². The summed E-state index contributed by atoms with van der Waals surface area (Å²) in [4.78, 5) is 20.3. The number of hydrogen-bond donors (Lipinski definition) is 2. The highest BCUT2D eigenvalue weighted by atomic mass is 32.2. The largest absolute Gasteiger partial charge is 0.352 e. The maximum Gasteiger partial charge on any atom is 0.233 e. The van der Waals surface area contributed by atoms with Crippen LogP contribution in [0.25, 0.3) is 11.0 Å². The van der Waals surface area contributed by atoms with Crippen molar-refractivity contribution in [2.45, 2.75) is 62.9 Å². The Morgan fingerprint density at radius 1 is 1.39 bits per heavy atom. The molecule has 2 aromatic rings. The summed E-state index contributed by atoms with van der Waals surface area (Å²) in [5.74, 6) is 0.699. The molecular formula is C18H25N3OS. The van der Waals surface area contributed by atoms with Gasteiger partial charge in [-0.05, 0) is 50.3 Å². The van der Waals surface area contributed by atoms with Crippen molar-refractivity contribution in [2.75, 3.05) is 0 Å². The molecule has 1 amide bonds. The van der Waals surface area contributed by atoms with Crippen molar-refractivity contribution in [1.29, 1.82) is 0 Å². The van der Waals surface area contributed by atoms with Gasteiger partial charge in [0.15, 0.2) is 5.16 Å². The standard InChI is InChI=1S/C18H25N3OS/c1-11-8-9-15-16(10-11)21-18(20-15)23-13(3)17(22)19-14-7-5-4-6-12(14)2/h8-10,12-14H,4-7H2,1-3H3,(H,19,22)(H,20,21)/t12-,13+,14-/m0/s1. The second-order valence-electron chi connectivity index (χ2n) is 6.70. The molecule has 2 N–H and O–H groups in total. The van der Waals surface area contributed by atoms with Crippen LogP contribution in [0.4, 0.5) is 0 Å². The predicted molar refractivity (Wildman–Crippen MR) is 95.7 cm³/mol. The molecule has 3 atom stereocenters. The maximum atomic E-state index is 12.5. The predicted octanol–water partition coefficient (Wildman–Crippen LogP) is 4.05. The number of carbonyl (C=O) groups is 1. The van der Waals surface area contributed by atoms with Gasteiger partial charge in [-0.1, -0.05) is 37.6 Å². The molecule has 1 heterocycles. The quantitative estimate of drug-likeness (QED) is 0.831. The number of nitrogens with zero attached hydrogens (tertiary/aromatic N) is 1. The number of H-pyrrole nitrogens is 1. The number of aryl methyl sites for hydroxylation is 1. The van der Waals surface area contributed by atoms with E-state index in [9.17, 15) is 4.79 Å². The summed E-state index contributed by atoms with van der Waals surface area (Å²) in [5, 5.41) is 3.89. The van der Waals surface area contributed by atoms with Crippen molar-refractivity contribution in [1.82, 2.24) is 15.3 Å². The summed E-state index contributed by atoms with van der Waals surface area (Å²) in [6.45, 7) is 6.25.